The van der Waals surface area contributed by atoms with Crippen LogP contribution < -0.4 is 5.32 Å². The number of rotatable bonds is 4. The van der Waals surface area contributed by atoms with Crippen LogP contribution in [0.4, 0.5) is 0 Å². The zero-order valence-electron chi connectivity index (χ0n) is 14.4. The second kappa shape index (κ2) is 7.00. The highest BCUT2D eigenvalue weighted by Gasteiger charge is 2.38. The lowest BCUT2D eigenvalue weighted by molar-refractivity contribution is 0.0314. The number of hydrogen-bond donors (Lipinski definition) is 1. The van der Waals surface area contributed by atoms with Gasteiger partial charge in [-0.1, -0.05) is 39.0 Å². The van der Waals surface area contributed by atoms with Crippen LogP contribution in [0, 0.1) is 23.2 Å². The monoisotopic (exact) mass is 292 g/mol. The number of fused-ring (bicyclic) bond motifs is 1. The van der Waals surface area contributed by atoms with Gasteiger partial charge in [0.15, 0.2) is 0 Å². The lowest BCUT2D eigenvalue weighted by atomic mass is 9.69. The van der Waals surface area contributed by atoms with Gasteiger partial charge >= 0.3 is 0 Å². The SMILES string of the molecule is CNCC1(CN2CCC3CCCCC3C2)CCC(C)CC1. The van der Waals surface area contributed by atoms with Gasteiger partial charge in [-0.15, -0.1) is 0 Å². The van der Waals surface area contributed by atoms with Crippen molar-refractivity contribution in [3.63, 3.8) is 0 Å². The van der Waals surface area contributed by atoms with Gasteiger partial charge in [0.2, 0.25) is 0 Å². The third-order valence-corrected chi connectivity index (χ3v) is 6.82. The van der Waals surface area contributed by atoms with Crippen molar-refractivity contribution in [1.29, 1.82) is 0 Å². The summed E-state index contributed by atoms with van der Waals surface area (Å²) in [6, 6.07) is 0. The molecule has 0 spiro atoms. The Morgan fingerprint density at radius 3 is 2.43 bits per heavy atom. The van der Waals surface area contributed by atoms with Crippen molar-refractivity contribution in [1.82, 2.24) is 10.2 Å². The Morgan fingerprint density at radius 2 is 1.71 bits per heavy atom. The van der Waals surface area contributed by atoms with Gasteiger partial charge in [-0.2, -0.15) is 0 Å². The number of nitrogens with zero attached hydrogens (tertiary/aromatic N) is 1. The zero-order chi connectivity index (χ0) is 14.7. The Kier molecular flexibility index (Phi) is 5.27. The normalized spacial score (nSPS) is 41.7. The highest BCUT2D eigenvalue weighted by atomic mass is 15.1. The fourth-order valence-corrected chi connectivity index (χ4v) is 5.43. The van der Waals surface area contributed by atoms with Crippen molar-refractivity contribution in [3.8, 4) is 0 Å². The van der Waals surface area contributed by atoms with Crippen LogP contribution in [0.3, 0.4) is 0 Å². The molecule has 3 rings (SSSR count). The minimum atomic E-state index is 0.572. The van der Waals surface area contributed by atoms with Gasteiger partial charge in [0, 0.05) is 19.6 Å². The third kappa shape index (κ3) is 3.82. The molecule has 21 heavy (non-hydrogen) atoms. The molecular formula is C19H36N2. The van der Waals surface area contributed by atoms with Crippen LogP contribution in [-0.4, -0.2) is 38.1 Å². The summed E-state index contributed by atoms with van der Waals surface area (Å²) in [6.07, 6.45) is 13.3. The van der Waals surface area contributed by atoms with Crippen molar-refractivity contribution >= 4 is 0 Å². The van der Waals surface area contributed by atoms with Gasteiger partial charge in [-0.05, 0) is 62.4 Å². The third-order valence-electron chi connectivity index (χ3n) is 6.82. The Balaban J connectivity index is 1.58. The van der Waals surface area contributed by atoms with Crippen molar-refractivity contribution in [2.24, 2.45) is 23.2 Å². The van der Waals surface area contributed by atoms with Crippen LogP contribution in [0.15, 0.2) is 0 Å². The molecular weight excluding hydrogens is 256 g/mol. The van der Waals surface area contributed by atoms with E-state index in [-0.39, 0.29) is 0 Å². The Morgan fingerprint density at radius 1 is 1.00 bits per heavy atom. The molecule has 1 aliphatic heterocycles. The van der Waals surface area contributed by atoms with Gasteiger partial charge in [-0.3, -0.25) is 0 Å². The molecule has 2 saturated carbocycles. The molecule has 2 heteroatoms. The van der Waals surface area contributed by atoms with Crippen LogP contribution in [0.2, 0.25) is 0 Å². The minimum absolute atomic E-state index is 0.572. The predicted molar refractivity (Wildman–Crippen MR) is 90.5 cm³/mol. The molecule has 2 aliphatic carbocycles. The molecule has 3 aliphatic rings. The number of likely N-dealkylation sites (tertiary alicyclic amines) is 1. The first-order valence-electron chi connectivity index (χ1n) is 9.58. The molecule has 2 nitrogen and oxygen atoms in total. The predicted octanol–water partition coefficient (Wildman–Crippen LogP) is 3.91. The lowest BCUT2D eigenvalue weighted by Gasteiger charge is -2.47. The van der Waals surface area contributed by atoms with E-state index in [2.05, 4.69) is 24.2 Å². The molecule has 1 heterocycles. The van der Waals surface area contributed by atoms with E-state index in [4.69, 9.17) is 0 Å². The van der Waals surface area contributed by atoms with Crippen molar-refractivity contribution in [2.45, 2.75) is 64.7 Å². The van der Waals surface area contributed by atoms with E-state index in [0.29, 0.717) is 5.41 Å². The largest absolute Gasteiger partial charge is 0.319 e. The topological polar surface area (TPSA) is 15.3 Å². The zero-order valence-corrected chi connectivity index (χ0v) is 14.4. The smallest absolute Gasteiger partial charge is 0.00503 e. The summed E-state index contributed by atoms with van der Waals surface area (Å²) in [5, 5.41) is 3.51. The van der Waals surface area contributed by atoms with Crippen molar-refractivity contribution in [3.05, 3.63) is 0 Å². The second-order valence-corrected chi connectivity index (χ2v) is 8.54. The fourth-order valence-electron chi connectivity index (χ4n) is 5.43. The molecule has 1 saturated heterocycles. The molecule has 0 aromatic rings. The van der Waals surface area contributed by atoms with E-state index in [1.54, 1.807) is 0 Å². The lowest BCUT2D eigenvalue weighted by Crippen LogP contribution is -2.50. The summed E-state index contributed by atoms with van der Waals surface area (Å²) in [5.41, 5.74) is 0.572. The van der Waals surface area contributed by atoms with Gasteiger partial charge in [0.05, 0.1) is 0 Å². The first kappa shape index (κ1) is 15.8. The molecule has 0 aromatic heterocycles. The van der Waals surface area contributed by atoms with Crippen molar-refractivity contribution < 1.29 is 0 Å². The van der Waals surface area contributed by atoms with E-state index in [9.17, 15) is 0 Å². The number of nitrogens with one attached hydrogen (secondary N) is 1. The van der Waals surface area contributed by atoms with Crippen molar-refractivity contribution in [2.75, 3.05) is 33.2 Å². The molecule has 0 aromatic carbocycles. The maximum atomic E-state index is 3.51. The van der Waals surface area contributed by atoms with E-state index in [1.807, 2.05) is 0 Å². The Labute approximate surface area is 132 Å². The van der Waals surface area contributed by atoms with Gasteiger partial charge in [0.25, 0.3) is 0 Å². The maximum absolute atomic E-state index is 3.51. The second-order valence-electron chi connectivity index (χ2n) is 8.54. The first-order chi connectivity index (χ1) is 10.2. The molecule has 2 unspecified atom stereocenters. The van der Waals surface area contributed by atoms with Crippen LogP contribution in [0.25, 0.3) is 0 Å². The van der Waals surface area contributed by atoms with Crippen LogP contribution >= 0.6 is 0 Å². The van der Waals surface area contributed by atoms with Gasteiger partial charge < -0.3 is 10.2 Å². The highest BCUT2D eigenvalue weighted by molar-refractivity contribution is 4.92. The average Bonchev–Trinajstić information content (AvgIpc) is 2.51. The molecule has 0 bridgehead atoms. The molecule has 0 radical (unpaired) electrons. The highest BCUT2D eigenvalue weighted by Crippen LogP contribution is 2.41. The summed E-state index contributed by atoms with van der Waals surface area (Å²) in [7, 11) is 2.15. The molecule has 3 fully saturated rings. The van der Waals surface area contributed by atoms with Gasteiger partial charge in [-0.25, -0.2) is 0 Å². The molecule has 122 valence electrons. The summed E-state index contributed by atoms with van der Waals surface area (Å²) in [5.74, 6) is 3.06. The first-order valence-corrected chi connectivity index (χ1v) is 9.58. The summed E-state index contributed by atoms with van der Waals surface area (Å²) in [4.78, 5) is 2.85. The quantitative estimate of drug-likeness (QED) is 0.845. The standard InChI is InChI=1S/C19H36N2/c1-16-7-10-19(11-8-16,14-20-2)15-21-12-9-17-5-3-4-6-18(17)13-21/h16-18,20H,3-15H2,1-2H3. The van der Waals surface area contributed by atoms with E-state index in [0.717, 1.165) is 17.8 Å². The maximum Gasteiger partial charge on any atom is 0.00503 e. The van der Waals surface area contributed by atoms with Gasteiger partial charge in [0.1, 0.15) is 0 Å². The summed E-state index contributed by atoms with van der Waals surface area (Å²) < 4.78 is 0. The average molecular weight is 293 g/mol. The molecule has 1 N–H and O–H groups in total. The van der Waals surface area contributed by atoms with Crippen LogP contribution in [0.1, 0.15) is 64.7 Å². The Hall–Kier alpha value is -0.0800. The van der Waals surface area contributed by atoms with Crippen LogP contribution in [0.5, 0.6) is 0 Å². The molecule has 2 atom stereocenters. The number of hydrogen-bond acceptors (Lipinski definition) is 2. The summed E-state index contributed by atoms with van der Waals surface area (Å²) in [6.45, 7) is 7.82. The fraction of sp³-hybridized carbons (Fsp3) is 1.00. The van der Waals surface area contributed by atoms with E-state index in [1.165, 1.54) is 84.0 Å². The van der Waals surface area contributed by atoms with Crippen LogP contribution in [-0.2, 0) is 0 Å². The minimum Gasteiger partial charge on any atom is -0.319 e. The number of piperidine rings is 1. The van der Waals surface area contributed by atoms with E-state index >= 15 is 0 Å². The molecule has 0 amide bonds. The van der Waals surface area contributed by atoms with E-state index < -0.39 is 0 Å². The summed E-state index contributed by atoms with van der Waals surface area (Å²) >= 11 is 0. The Bertz CT molecular complexity index is 320.